The Labute approximate surface area is 151 Å². The zero-order valence-electron chi connectivity index (χ0n) is 14.1. The Kier molecular flexibility index (Phi) is 5.57. The number of nitrogens with one attached hydrogen (secondary N) is 2. The molecule has 0 spiro atoms. The third kappa shape index (κ3) is 4.63. The lowest BCUT2D eigenvalue weighted by Gasteiger charge is -2.10. The SMILES string of the molecule is O=C(Nc1ccc(S(=O)(=O)NC2=NCCCCC2)cc1)c1cnccn1. The number of amidine groups is 1. The zero-order chi connectivity index (χ0) is 18.4. The van der Waals surface area contributed by atoms with Crippen LogP contribution in [0.2, 0.25) is 0 Å². The molecule has 1 aromatic heterocycles. The number of nitrogens with zero attached hydrogens (tertiary/aromatic N) is 3. The van der Waals surface area contributed by atoms with Crippen LogP contribution in [0.4, 0.5) is 5.69 Å². The van der Waals surface area contributed by atoms with Crippen molar-refractivity contribution in [3.8, 4) is 0 Å². The van der Waals surface area contributed by atoms with Crippen LogP contribution in [0.15, 0.2) is 52.7 Å². The second-order valence-electron chi connectivity index (χ2n) is 5.81. The van der Waals surface area contributed by atoms with Crippen LogP contribution in [-0.4, -0.2) is 36.7 Å². The molecular weight excluding hydrogens is 354 g/mol. The summed E-state index contributed by atoms with van der Waals surface area (Å²) in [5.41, 5.74) is 0.642. The summed E-state index contributed by atoms with van der Waals surface area (Å²) in [5.74, 6) is 0.0853. The monoisotopic (exact) mass is 373 g/mol. The summed E-state index contributed by atoms with van der Waals surface area (Å²) in [6.45, 7) is 0.644. The van der Waals surface area contributed by atoms with Crippen molar-refractivity contribution in [2.45, 2.75) is 30.6 Å². The van der Waals surface area contributed by atoms with Crippen LogP contribution in [0.1, 0.15) is 36.2 Å². The number of benzene rings is 1. The highest BCUT2D eigenvalue weighted by molar-refractivity contribution is 7.90. The molecular formula is C17H19N5O3S. The van der Waals surface area contributed by atoms with E-state index in [1.165, 1.54) is 42.9 Å². The summed E-state index contributed by atoms with van der Waals surface area (Å²) in [5, 5.41) is 2.65. The molecule has 2 aromatic rings. The van der Waals surface area contributed by atoms with Crippen molar-refractivity contribution >= 4 is 27.5 Å². The van der Waals surface area contributed by atoms with E-state index in [4.69, 9.17) is 0 Å². The number of carbonyl (C=O) groups is 1. The lowest BCUT2D eigenvalue weighted by atomic mass is 10.2. The smallest absolute Gasteiger partial charge is 0.275 e. The molecule has 2 N–H and O–H groups in total. The lowest BCUT2D eigenvalue weighted by molar-refractivity contribution is 0.102. The number of sulfonamides is 1. The molecule has 0 aliphatic carbocycles. The van der Waals surface area contributed by atoms with Crippen molar-refractivity contribution in [2.75, 3.05) is 11.9 Å². The first-order valence-electron chi connectivity index (χ1n) is 8.28. The molecule has 136 valence electrons. The summed E-state index contributed by atoms with van der Waals surface area (Å²) in [6.07, 6.45) is 7.83. The Morgan fingerprint density at radius 1 is 1.04 bits per heavy atom. The molecule has 2 heterocycles. The quantitative estimate of drug-likeness (QED) is 0.851. The van der Waals surface area contributed by atoms with Gasteiger partial charge in [-0.05, 0) is 37.1 Å². The minimum atomic E-state index is -3.69. The standard InChI is InChI=1S/C17H19N5O3S/c23-17(15-12-18-10-11-19-15)21-13-5-7-14(8-6-13)26(24,25)22-16-4-2-1-3-9-20-16/h5-8,10-12H,1-4,9H2,(H,20,22)(H,21,23). The zero-order valence-corrected chi connectivity index (χ0v) is 14.9. The number of anilines is 1. The second kappa shape index (κ2) is 8.05. The van der Waals surface area contributed by atoms with E-state index in [0.717, 1.165) is 19.3 Å². The van der Waals surface area contributed by atoms with Crippen LogP contribution in [0.25, 0.3) is 0 Å². The number of aromatic nitrogens is 2. The number of carbonyl (C=O) groups excluding carboxylic acids is 1. The van der Waals surface area contributed by atoms with Crippen LogP contribution in [0.5, 0.6) is 0 Å². The number of hydrogen-bond acceptors (Lipinski definition) is 6. The fourth-order valence-electron chi connectivity index (χ4n) is 2.50. The van der Waals surface area contributed by atoms with Crippen molar-refractivity contribution in [1.29, 1.82) is 0 Å². The lowest BCUT2D eigenvalue weighted by Crippen LogP contribution is -2.30. The van der Waals surface area contributed by atoms with Gasteiger partial charge in [0.25, 0.3) is 15.9 Å². The first-order valence-corrected chi connectivity index (χ1v) is 9.76. The van der Waals surface area contributed by atoms with Crippen LogP contribution in [-0.2, 0) is 10.0 Å². The summed E-state index contributed by atoms with van der Waals surface area (Å²) < 4.78 is 27.5. The average molecular weight is 373 g/mol. The van der Waals surface area contributed by atoms with Crippen LogP contribution >= 0.6 is 0 Å². The highest BCUT2D eigenvalue weighted by atomic mass is 32.2. The van der Waals surface area contributed by atoms with Gasteiger partial charge in [-0.3, -0.25) is 19.5 Å². The predicted molar refractivity (Wildman–Crippen MR) is 97.5 cm³/mol. The molecule has 0 radical (unpaired) electrons. The van der Waals surface area contributed by atoms with E-state index in [2.05, 4.69) is 25.0 Å². The maximum absolute atomic E-state index is 12.5. The average Bonchev–Trinajstić information content (AvgIpc) is 2.91. The van der Waals surface area contributed by atoms with Gasteiger partial charge in [-0.25, -0.2) is 13.4 Å². The largest absolute Gasteiger partial charge is 0.321 e. The summed E-state index contributed by atoms with van der Waals surface area (Å²) in [4.78, 5) is 24.2. The topological polar surface area (TPSA) is 113 Å². The van der Waals surface area contributed by atoms with Gasteiger partial charge in [0.15, 0.2) is 0 Å². The molecule has 1 aliphatic rings. The molecule has 1 aliphatic heterocycles. The fourth-order valence-corrected chi connectivity index (χ4v) is 3.59. The van der Waals surface area contributed by atoms with Gasteiger partial charge in [0, 0.05) is 31.0 Å². The Morgan fingerprint density at radius 3 is 2.58 bits per heavy atom. The summed E-state index contributed by atoms with van der Waals surface area (Å²) >= 11 is 0. The minimum Gasteiger partial charge on any atom is -0.321 e. The van der Waals surface area contributed by atoms with Crippen molar-refractivity contribution in [3.63, 3.8) is 0 Å². The maximum Gasteiger partial charge on any atom is 0.275 e. The van der Waals surface area contributed by atoms with Crippen LogP contribution in [0.3, 0.4) is 0 Å². The van der Waals surface area contributed by atoms with E-state index in [1.54, 1.807) is 0 Å². The summed E-state index contributed by atoms with van der Waals surface area (Å²) in [6, 6.07) is 5.92. The van der Waals surface area contributed by atoms with E-state index in [1.807, 2.05) is 0 Å². The molecule has 3 rings (SSSR count). The molecule has 0 saturated heterocycles. The predicted octanol–water partition coefficient (Wildman–Crippen LogP) is 1.98. The fraction of sp³-hybridized carbons (Fsp3) is 0.294. The number of hydrogen-bond donors (Lipinski definition) is 2. The van der Waals surface area contributed by atoms with Crippen LogP contribution in [0, 0.1) is 0 Å². The molecule has 9 heteroatoms. The second-order valence-corrected chi connectivity index (χ2v) is 7.50. The van der Waals surface area contributed by atoms with Gasteiger partial charge in [0.2, 0.25) is 0 Å². The molecule has 8 nitrogen and oxygen atoms in total. The van der Waals surface area contributed by atoms with Gasteiger partial charge in [-0.15, -0.1) is 0 Å². The molecule has 0 saturated carbocycles. The highest BCUT2D eigenvalue weighted by Gasteiger charge is 2.17. The number of rotatable bonds is 4. The van der Waals surface area contributed by atoms with E-state index in [0.29, 0.717) is 24.5 Å². The van der Waals surface area contributed by atoms with Crippen LogP contribution < -0.4 is 10.0 Å². The molecule has 1 aromatic carbocycles. The normalized spacial score (nSPS) is 14.8. The van der Waals surface area contributed by atoms with E-state index in [9.17, 15) is 13.2 Å². The van der Waals surface area contributed by atoms with Gasteiger partial charge in [0.1, 0.15) is 11.5 Å². The Bertz CT molecular complexity index is 896. The van der Waals surface area contributed by atoms with Crippen molar-refractivity contribution in [3.05, 3.63) is 48.5 Å². The third-order valence-corrected chi connectivity index (χ3v) is 5.24. The van der Waals surface area contributed by atoms with E-state index < -0.39 is 15.9 Å². The first kappa shape index (κ1) is 18.0. The van der Waals surface area contributed by atoms with Crippen molar-refractivity contribution in [2.24, 2.45) is 4.99 Å². The van der Waals surface area contributed by atoms with E-state index in [-0.39, 0.29) is 10.6 Å². The number of aliphatic imine (C=N–C) groups is 1. The minimum absolute atomic E-state index is 0.113. The molecule has 0 unspecified atom stereocenters. The van der Waals surface area contributed by atoms with Gasteiger partial charge < -0.3 is 5.32 Å². The van der Waals surface area contributed by atoms with Gasteiger partial charge in [0.05, 0.1) is 11.1 Å². The molecule has 26 heavy (non-hydrogen) atoms. The molecule has 0 bridgehead atoms. The molecule has 1 amide bonds. The molecule has 0 atom stereocenters. The third-order valence-electron chi connectivity index (χ3n) is 3.84. The molecule has 0 fully saturated rings. The Balaban J connectivity index is 1.68. The number of amides is 1. The summed E-state index contributed by atoms with van der Waals surface area (Å²) in [7, 11) is -3.69. The highest BCUT2D eigenvalue weighted by Crippen LogP contribution is 2.16. The van der Waals surface area contributed by atoms with Gasteiger partial charge >= 0.3 is 0 Å². The van der Waals surface area contributed by atoms with E-state index >= 15 is 0 Å². The van der Waals surface area contributed by atoms with Crippen molar-refractivity contribution in [1.82, 2.24) is 14.7 Å². The Morgan fingerprint density at radius 2 is 1.85 bits per heavy atom. The van der Waals surface area contributed by atoms with Gasteiger partial charge in [-0.2, -0.15) is 0 Å². The maximum atomic E-state index is 12.5. The van der Waals surface area contributed by atoms with Crippen molar-refractivity contribution < 1.29 is 13.2 Å². The van der Waals surface area contributed by atoms with Gasteiger partial charge in [-0.1, -0.05) is 6.42 Å². The first-order chi connectivity index (χ1) is 12.5. The Hall–Kier alpha value is -2.81.